The van der Waals surface area contributed by atoms with Gasteiger partial charge in [0.05, 0.1) is 6.04 Å². The molecule has 106 valence electrons. The summed E-state index contributed by atoms with van der Waals surface area (Å²) in [5.74, 6) is -0.361. The Labute approximate surface area is 121 Å². The zero-order valence-corrected chi connectivity index (χ0v) is 11.7. The number of nitrogens with zero attached hydrogens (tertiary/aromatic N) is 1. The molecule has 1 aromatic rings. The van der Waals surface area contributed by atoms with Gasteiger partial charge in [-0.2, -0.15) is 0 Å². The molecule has 20 heavy (non-hydrogen) atoms. The maximum absolute atomic E-state index is 14.1. The first-order chi connectivity index (χ1) is 9.44. The molecule has 1 N–H and O–H groups in total. The molecule has 2 unspecified atom stereocenters. The van der Waals surface area contributed by atoms with Gasteiger partial charge in [-0.3, -0.25) is 4.90 Å². The van der Waals surface area contributed by atoms with Gasteiger partial charge < -0.3 is 10.1 Å². The van der Waals surface area contributed by atoms with Gasteiger partial charge in [0.1, 0.15) is 0 Å². The smallest absolute Gasteiger partial charge is 0.321 e. The quantitative estimate of drug-likeness (QED) is 0.851. The standard InChI is InChI=1S/C14H14ClFN2O2/c1-3-4-18-13(19)17-11-7-14(18,2)20-12-9(11)5-8(15)6-10(12)16/h3,5-6,11H,1,4,7H2,2H3,(H,17,19). The van der Waals surface area contributed by atoms with Crippen molar-refractivity contribution in [2.45, 2.75) is 25.1 Å². The van der Waals surface area contributed by atoms with Crippen LogP contribution in [0.25, 0.3) is 0 Å². The number of hydrogen-bond acceptors (Lipinski definition) is 2. The van der Waals surface area contributed by atoms with E-state index in [0.717, 1.165) is 0 Å². The van der Waals surface area contributed by atoms with E-state index in [0.29, 0.717) is 18.5 Å². The second-order valence-electron chi connectivity index (χ2n) is 5.19. The van der Waals surface area contributed by atoms with Crippen molar-refractivity contribution in [1.82, 2.24) is 10.2 Å². The lowest BCUT2D eigenvalue weighted by molar-refractivity contribution is -0.0811. The molecule has 0 saturated carbocycles. The van der Waals surface area contributed by atoms with Crippen LogP contribution in [0.4, 0.5) is 9.18 Å². The summed E-state index contributed by atoms with van der Waals surface area (Å²) in [6.07, 6.45) is 2.14. The van der Waals surface area contributed by atoms with Crippen molar-refractivity contribution in [1.29, 1.82) is 0 Å². The van der Waals surface area contributed by atoms with Crippen LogP contribution in [0, 0.1) is 5.82 Å². The van der Waals surface area contributed by atoms with Gasteiger partial charge in [0, 0.05) is 23.6 Å². The summed E-state index contributed by atoms with van der Waals surface area (Å²) in [7, 11) is 0. The number of urea groups is 1. The highest BCUT2D eigenvalue weighted by atomic mass is 35.5. The molecule has 4 nitrogen and oxygen atoms in total. The third-order valence-corrected chi connectivity index (χ3v) is 3.96. The third kappa shape index (κ3) is 1.85. The summed E-state index contributed by atoms with van der Waals surface area (Å²) < 4.78 is 19.9. The molecule has 6 heteroatoms. The number of nitrogens with one attached hydrogen (secondary N) is 1. The zero-order valence-electron chi connectivity index (χ0n) is 11.0. The van der Waals surface area contributed by atoms with E-state index in [2.05, 4.69) is 11.9 Å². The summed E-state index contributed by atoms with van der Waals surface area (Å²) in [5, 5.41) is 3.14. The van der Waals surface area contributed by atoms with Crippen molar-refractivity contribution in [2.24, 2.45) is 0 Å². The minimum absolute atomic E-state index is 0.155. The number of ether oxygens (including phenoxy) is 1. The lowest BCUT2D eigenvalue weighted by Gasteiger charge is -2.50. The second-order valence-corrected chi connectivity index (χ2v) is 5.62. The Bertz CT molecular complexity index is 607. The molecular weight excluding hydrogens is 283 g/mol. The number of fused-ring (bicyclic) bond motifs is 4. The van der Waals surface area contributed by atoms with E-state index in [1.165, 1.54) is 11.0 Å². The Morgan fingerprint density at radius 3 is 3.15 bits per heavy atom. The number of benzene rings is 1. The molecule has 1 saturated heterocycles. The molecule has 2 aliphatic heterocycles. The molecule has 0 aromatic heterocycles. The summed E-state index contributed by atoms with van der Waals surface area (Å²) in [6.45, 7) is 5.74. The van der Waals surface area contributed by atoms with Crippen LogP contribution >= 0.6 is 11.6 Å². The van der Waals surface area contributed by atoms with Crippen molar-refractivity contribution < 1.29 is 13.9 Å². The van der Waals surface area contributed by atoms with Crippen LogP contribution in [0.5, 0.6) is 5.75 Å². The summed E-state index contributed by atoms with van der Waals surface area (Å²) in [4.78, 5) is 13.7. The Balaban J connectivity index is 2.10. The van der Waals surface area contributed by atoms with Crippen LogP contribution in [0.15, 0.2) is 24.8 Å². The van der Waals surface area contributed by atoms with Gasteiger partial charge >= 0.3 is 6.03 Å². The average molecular weight is 297 g/mol. The molecule has 2 heterocycles. The van der Waals surface area contributed by atoms with Crippen LogP contribution in [0.1, 0.15) is 24.9 Å². The SMILES string of the molecule is C=CCN1C(=O)NC2CC1(C)Oc1c(F)cc(Cl)cc12. The molecule has 2 atom stereocenters. The number of rotatable bonds is 2. The predicted molar refractivity (Wildman–Crippen MR) is 73.2 cm³/mol. The van der Waals surface area contributed by atoms with E-state index in [4.69, 9.17) is 16.3 Å². The van der Waals surface area contributed by atoms with Crippen molar-refractivity contribution in [2.75, 3.05) is 6.54 Å². The molecule has 2 bridgehead atoms. The summed E-state index contributed by atoms with van der Waals surface area (Å²) >= 11 is 5.88. The Hall–Kier alpha value is -1.75. The Morgan fingerprint density at radius 1 is 1.70 bits per heavy atom. The highest BCUT2D eigenvalue weighted by Crippen LogP contribution is 2.45. The molecule has 2 aliphatic rings. The van der Waals surface area contributed by atoms with Gasteiger partial charge in [-0.15, -0.1) is 6.58 Å². The van der Waals surface area contributed by atoms with Gasteiger partial charge in [-0.25, -0.2) is 9.18 Å². The van der Waals surface area contributed by atoms with Crippen LogP contribution in [0.3, 0.4) is 0 Å². The van der Waals surface area contributed by atoms with Gasteiger partial charge in [-0.1, -0.05) is 17.7 Å². The Kier molecular flexibility index (Phi) is 2.90. The van der Waals surface area contributed by atoms with Crippen molar-refractivity contribution in [3.63, 3.8) is 0 Å². The van der Waals surface area contributed by atoms with Crippen LogP contribution in [-0.2, 0) is 0 Å². The average Bonchev–Trinajstić information content (AvgIpc) is 2.36. The molecule has 3 rings (SSSR count). The van der Waals surface area contributed by atoms with Crippen LogP contribution in [0.2, 0.25) is 5.02 Å². The fourth-order valence-electron chi connectivity index (χ4n) is 2.84. The molecule has 1 aromatic carbocycles. The maximum atomic E-state index is 14.1. The predicted octanol–water partition coefficient (Wildman–Crippen LogP) is 3.23. The van der Waals surface area contributed by atoms with Gasteiger partial charge in [0.15, 0.2) is 17.3 Å². The molecule has 0 radical (unpaired) electrons. The number of halogens is 2. The Morgan fingerprint density at radius 2 is 2.45 bits per heavy atom. The zero-order chi connectivity index (χ0) is 14.5. The normalized spacial score (nSPS) is 27.4. The van der Waals surface area contributed by atoms with E-state index >= 15 is 0 Å². The second kappa shape index (κ2) is 4.38. The number of amides is 2. The largest absolute Gasteiger partial charge is 0.465 e. The molecule has 0 aliphatic carbocycles. The topological polar surface area (TPSA) is 41.6 Å². The van der Waals surface area contributed by atoms with E-state index in [1.807, 2.05) is 0 Å². The summed E-state index contributed by atoms with van der Waals surface area (Å²) in [5.41, 5.74) is -0.304. The van der Waals surface area contributed by atoms with Crippen LogP contribution in [-0.4, -0.2) is 23.2 Å². The maximum Gasteiger partial charge on any atom is 0.321 e. The fourth-order valence-corrected chi connectivity index (χ4v) is 3.05. The summed E-state index contributed by atoms with van der Waals surface area (Å²) in [6, 6.07) is 2.29. The van der Waals surface area contributed by atoms with Crippen molar-refractivity contribution in [3.8, 4) is 5.75 Å². The third-order valence-electron chi connectivity index (χ3n) is 3.74. The molecular formula is C14H14ClFN2O2. The lowest BCUT2D eigenvalue weighted by Crippen LogP contribution is -2.64. The highest BCUT2D eigenvalue weighted by molar-refractivity contribution is 6.30. The highest BCUT2D eigenvalue weighted by Gasteiger charge is 2.49. The van der Waals surface area contributed by atoms with E-state index in [1.54, 1.807) is 19.1 Å². The minimum atomic E-state index is -0.886. The monoisotopic (exact) mass is 296 g/mol. The van der Waals surface area contributed by atoms with Crippen molar-refractivity contribution in [3.05, 3.63) is 41.2 Å². The van der Waals surface area contributed by atoms with Gasteiger partial charge in [-0.05, 0) is 19.1 Å². The van der Waals surface area contributed by atoms with E-state index in [9.17, 15) is 9.18 Å². The first-order valence-electron chi connectivity index (χ1n) is 6.31. The van der Waals surface area contributed by atoms with Gasteiger partial charge in [0.2, 0.25) is 0 Å². The van der Waals surface area contributed by atoms with E-state index < -0.39 is 11.5 Å². The first-order valence-corrected chi connectivity index (χ1v) is 6.69. The van der Waals surface area contributed by atoms with Gasteiger partial charge in [0.25, 0.3) is 0 Å². The van der Waals surface area contributed by atoms with Crippen molar-refractivity contribution >= 4 is 17.6 Å². The van der Waals surface area contributed by atoms with Crippen LogP contribution < -0.4 is 10.1 Å². The molecule has 2 amide bonds. The number of carbonyl (C=O) groups is 1. The van der Waals surface area contributed by atoms with E-state index in [-0.39, 0.29) is 22.8 Å². The first kappa shape index (κ1) is 13.2. The molecule has 1 fully saturated rings. The lowest BCUT2D eigenvalue weighted by atomic mass is 9.90. The fraction of sp³-hybridized carbons (Fsp3) is 0.357. The minimum Gasteiger partial charge on any atom is -0.465 e. The number of hydrogen-bond donors (Lipinski definition) is 1. The molecule has 0 spiro atoms. The number of carbonyl (C=O) groups excluding carboxylic acids is 1.